The van der Waals surface area contributed by atoms with Gasteiger partial charge < -0.3 is 0 Å². The van der Waals surface area contributed by atoms with Crippen LogP contribution in [0.25, 0.3) is 0 Å². The van der Waals surface area contributed by atoms with Gasteiger partial charge in [0.15, 0.2) is 0 Å². The van der Waals surface area contributed by atoms with Gasteiger partial charge in [-0.3, -0.25) is 9.78 Å². The van der Waals surface area contributed by atoms with Gasteiger partial charge in [0.1, 0.15) is 5.69 Å². The summed E-state index contributed by atoms with van der Waals surface area (Å²) in [5.41, 5.74) is 0.996. The van der Waals surface area contributed by atoms with Crippen molar-refractivity contribution in [2.75, 3.05) is 0 Å². The summed E-state index contributed by atoms with van der Waals surface area (Å²) in [7, 11) is 0. The molecule has 0 bridgehead atoms. The van der Waals surface area contributed by atoms with Gasteiger partial charge in [0, 0.05) is 6.20 Å². The van der Waals surface area contributed by atoms with Gasteiger partial charge in [-0.2, -0.15) is 0 Å². The fourth-order valence-electron chi connectivity index (χ4n) is 0.584. The van der Waals surface area contributed by atoms with Gasteiger partial charge in [-0.1, -0.05) is 0 Å². The Morgan fingerprint density at radius 3 is 2.73 bits per heavy atom. The smallest absolute Gasteiger partial charge is 0.265 e. The van der Waals surface area contributed by atoms with Crippen LogP contribution in [0.2, 0.25) is 0 Å². The van der Waals surface area contributed by atoms with Gasteiger partial charge in [-0.05, 0) is 13.6 Å². The van der Waals surface area contributed by atoms with Crippen molar-refractivity contribution < 1.29 is 4.79 Å². The first-order chi connectivity index (χ1) is 5.24. The highest BCUT2D eigenvalue weighted by atomic mass is 16.1. The highest BCUT2D eigenvalue weighted by Gasteiger charge is 2.02. The number of nitrogens with zero attached hydrogens (tertiary/aromatic N) is 3. The second-order valence-electron chi connectivity index (χ2n) is 2.01. The normalized spacial score (nSPS) is 9.18. The Morgan fingerprint density at radius 2 is 2.27 bits per heavy atom. The number of hydrogen-bond acceptors (Lipinski definition) is 3. The number of rotatable bonds is 1. The van der Waals surface area contributed by atoms with E-state index in [-0.39, 0.29) is 5.69 Å². The summed E-state index contributed by atoms with van der Waals surface area (Å²) in [6.45, 7) is 4.89. The van der Waals surface area contributed by atoms with Gasteiger partial charge >= 0.3 is 0 Å². The maximum absolute atomic E-state index is 10.8. The third kappa shape index (κ3) is 1.67. The monoisotopic (exact) mass is 149 g/mol. The first-order valence-electron chi connectivity index (χ1n) is 3.03. The van der Waals surface area contributed by atoms with Crippen molar-refractivity contribution in [1.29, 1.82) is 0 Å². The SMILES string of the molecule is C=NC(=O)c1cnc(C)cn1. The van der Waals surface area contributed by atoms with Gasteiger partial charge in [-0.15, -0.1) is 0 Å². The second-order valence-corrected chi connectivity index (χ2v) is 2.01. The quantitative estimate of drug-likeness (QED) is 0.550. The van der Waals surface area contributed by atoms with Crippen molar-refractivity contribution in [2.24, 2.45) is 4.99 Å². The minimum Gasteiger partial charge on any atom is -0.265 e. The number of aliphatic imine (C=N–C) groups is 1. The molecule has 1 aromatic rings. The maximum atomic E-state index is 10.8. The summed E-state index contributed by atoms with van der Waals surface area (Å²) in [4.78, 5) is 21.7. The Morgan fingerprint density at radius 1 is 1.55 bits per heavy atom. The lowest BCUT2D eigenvalue weighted by molar-refractivity contribution is 0.0999. The van der Waals surface area contributed by atoms with Crippen LogP contribution in [0.15, 0.2) is 17.4 Å². The molecule has 0 spiro atoms. The Bertz CT molecular complexity index is 278. The van der Waals surface area contributed by atoms with E-state index in [1.54, 1.807) is 6.92 Å². The number of aromatic nitrogens is 2. The van der Waals surface area contributed by atoms with Crippen LogP contribution >= 0.6 is 0 Å². The molecule has 1 rings (SSSR count). The molecule has 1 amide bonds. The highest BCUT2D eigenvalue weighted by Crippen LogP contribution is 1.95. The summed E-state index contributed by atoms with van der Waals surface area (Å²) in [6.07, 6.45) is 2.89. The molecule has 0 saturated heterocycles. The number of carbonyl (C=O) groups is 1. The molecule has 0 fully saturated rings. The van der Waals surface area contributed by atoms with Crippen molar-refractivity contribution in [2.45, 2.75) is 6.92 Å². The zero-order valence-corrected chi connectivity index (χ0v) is 6.11. The van der Waals surface area contributed by atoms with E-state index >= 15 is 0 Å². The molecule has 1 heterocycles. The van der Waals surface area contributed by atoms with Crippen LogP contribution in [0, 0.1) is 6.92 Å². The molecule has 0 aliphatic carbocycles. The Balaban J connectivity index is 2.98. The lowest BCUT2D eigenvalue weighted by Gasteiger charge is -1.92. The zero-order valence-electron chi connectivity index (χ0n) is 6.11. The lowest BCUT2D eigenvalue weighted by Crippen LogP contribution is -1.99. The molecule has 0 aromatic carbocycles. The van der Waals surface area contributed by atoms with Crippen LogP contribution < -0.4 is 0 Å². The van der Waals surface area contributed by atoms with E-state index in [1.165, 1.54) is 12.4 Å². The van der Waals surface area contributed by atoms with Crippen molar-refractivity contribution in [3.8, 4) is 0 Å². The number of hydrogen-bond donors (Lipinski definition) is 0. The van der Waals surface area contributed by atoms with Crippen LogP contribution in [-0.2, 0) is 0 Å². The van der Waals surface area contributed by atoms with Gasteiger partial charge in [0.2, 0.25) is 0 Å². The molecule has 0 unspecified atom stereocenters. The summed E-state index contributed by atoms with van der Waals surface area (Å²) in [5.74, 6) is -0.447. The van der Waals surface area contributed by atoms with Crippen LogP contribution in [-0.4, -0.2) is 22.6 Å². The molecule has 4 heteroatoms. The molecule has 56 valence electrons. The predicted molar refractivity (Wildman–Crippen MR) is 40.6 cm³/mol. The van der Waals surface area contributed by atoms with E-state index in [1.807, 2.05) is 0 Å². The van der Waals surface area contributed by atoms with E-state index in [4.69, 9.17) is 0 Å². The summed E-state index contributed by atoms with van der Waals surface area (Å²) in [5, 5.41) is 0. The first-order valence-corrected chi connectivity index (χ1v) is 3.03. The first kappa shape index (κ1) is 7.53. The van der Waals surface area contributed by atoms with Gasteiger partial charge in [0.25, 0.3) is 5.91 Å². The lowest BCUT2D eigenvalue weighted by atomic mass is 10.4. The van der Waals surface area contributed by atoms with E-state index in [2.05, 4.69) is 21.7 Å². The highest BCUT2D eigenvalue weighted by molar-refractivity contribution is 5.94. The fourth-order valence-corrected chi connectivity index (χ4v) is 0.584. The zero-order chi connectivity index (χ0) is 8.27. The largest absolute Gasteiger partial charge is 0.296 e. The van der Waals surface area contributed by atoms with E-state index in [0.717, 1.165) is 5.69 Å². The number of amides is 1. The predicted octanol–water partition coefficient (Wildman–Crippen LogP) is 0.626. The topological polar surface area (TPSA) is 55.2 Å². The van der Waals surface area contributed by atoms with Crippen LogP contribution in [0.1, 0.15) is 16.2 Å². The molecule has 0 aliphatic rings. The third-order valence-corrected chi connectivity index (χ3v) is 1.14. The Labute approximate surface area is 64.0 Å². The second kappa shape index (κ2) is 3.01. The maximum Gasteiger partial charge on any atom is 0.296 e. The minimum absolute atomic E-state index is 0.227. The molecule has 0 aliphatic heterocycles. The molecule has 4 nitrogen and oxygen atoms in total. The van der Waals surface area contributed by atoms with E-state index in [9.17, 15) is 4.79 Å². The molecule has 1 aromatic heterocycles. The number of aryl methyl sites for hydroxylation is 1. The van der Waals surface area contributed by atoms with Crippen molar-refractivity contribution in [1.82, 2.24) is 9.97 Å². The molecular weight excluding hydrogens is 142 g/mol. The van der Waals surface area contributed by atoms with Crippen molar-refractivity contribution in [3.63, 3.8) is 0 Å². The number of carbonyl (C=O) groups excluding carboxylic acids is 1. The van der Waals surface area contributed by atoms with E-state index in [0.29, 0.717) is 0 Å². The minimum atomic E-state index is -0.447. The molecule has 11 heavy (non-hydrogen) atoms. The summed E-state index contributed by atoms with van der Waals surface area (Å²) in [6, 6.07) is 0. The molecular formula is C7H7N3O. The summed E-state index contributed by atoms with van der Waals surface area (Å²) < 4.78 is 0. The van der Waals surface area contributed by atoms with Gasteiger partial charge in [-0.25, -0.2) is 9.98 Å². The Hall–Kier alpha value is -1.58. The third-order valence-electron chi connectivity index (χ3n) is 1.14. The molecule has 0 atom stereocenters. The van der Waals surface area contributed by atoms with Crippen molar-refractivity contribution in [3.05, 3.63) is 23.8 Å². The molecule has 0 radical (unpaired) electrons. The summed E-state index contributed by atoms with van der Waals surface area (Å²) >= 11 is 0. The fraction of sp³-hybridized carbons (Fsp3) is 0.143. The Kier molecular flexibility index (Phi) is 2.06. The van der Waals surface area contributed by atoms with Crippen LogP contribution in [0.5, 0.6) is 0 Å². The molecule has 0 saturated carbocycles. The van der Waals surface area contributed by atoms with Gasteiger partial charge in [0.05, 0.1) is 11.9 Å². The standard InChI is InChI=1S/C7H7N3O/c1-5-3-10-6(4-9-5)7(11)8-2/h3-4H,2H2,1H3. The van der Waals surface area contributed by atoms with E-state index < -0.39 is 5.91 Å². The van der Waals surface area contributed by atoms with Crippen LogP contribution in [0.3, 0.4) is 0 Å². The van der Waals surface area contributed by atoms with Crippen molar-refractivity contribution >= 4 is 12.6 Å². The average Bonchev–Trinajstić information content (AvgIpc) is 2.05. The average molecular weight is 149 g/mol. The molecule has 0 N–H and O–H groups in total. The van der Waals surface area contributed by atoms with Crippen LogP contribution in [0.4, 0.5) is 0 Å².